The maximum Gasteiger partial charge on any atom is 0.135 e. The van der Waals surface area contributed by atoms with Crippen LogP contribution in [0.1, 0.15) is 0 Å². The largest absolute Gasteiger partial charge is 0.456 e. The van der Waals surface area contributed by atoms with E-state index in [2.05, 4.69) is 170 Å². The van der Waals surface area contributed by atoms with E-state index < -0.39 is 15.8 Å². The van der Waals surface area contributed by atoms with Gasteiger partial charge in [-0.3, -0.25) is 0 Å². The van der Waals surface area contributed by atoms with Gasteiger partial charge in [-0.05, 0) is 49.2 Å². The summed E-state index contributed by atoms with van der Waals surface area (Å²) in [5, 5.41) is 7.64. The molecule has 0 unspecified atom stereocenters. The van der Waals surface area contributed by atoms with E-state index in [9.17, 15) is 0 Å². The molecule has 0 saturated carbocycles. The monoisotopic (exact) mass is 644 g/mol. The Bertz CT molecular complexity index is 1420. The van der Waals surface area contributed by atoms with Crippen molar-refractivity contribution in [2.24, 2.45) is 0 Å². The Morgan fingerprint density at radius 3 is 0.850 bits per heavy atom. The van der Waals surface area contributed by atoms with Gasteiger partial charge < -0.3 is 4.74 Å². The number of rotatable bonds is 8. The fraction of sp³-hybridized carbons (Fsp3) is 0. The summed E-state index contributed by atoms with van der Waals surface area (Å²) in [5.74, 6) is 1.81. The van der Waals surface area contributed by atoms with Gasteiger partial charge in [-0.25, -0.2) is 0 Å². The summed E-state index contributed by atoms with van der Waals surface area (Å²) < 4.78 is 6.92. The van der Waals surface area contributed by atoms with Crippen LogP contribution < -0.4 is 36.6 Å². The van der Waals surface area contributed by atoms with Crippen LogP contribution in [0.4, 0.5) is 0 Å². The number of benzene rings is 6. The van der Waals surface area contributed by atoms with Crippen molar-refractivity contribution in [2.75, 3.05) is 0 Å². The third-order valence-electron chi connectivity index (χ3n) is 6.49. The minimum absolute atomic E-state index is 0. The Hall–Kier alpha value is -3.36. The molecule has 0 fully saturated rings. The molecule has 0 heterocycles. The molecule has 0 radical (unpaired) electrons. The van der Waals surface area contributed by atoms with E-state index in [1.165, 1.54) is 31.8 Å². The molecule has 0 aliphatic carbocycles. The number of hydrogen-bond acceptors (Lipinski definition) is 1. The topological polar surface area (TPSA) is 9.23 Å². The second-order valence-corrected chi connectivity index (χ2v) is 13.4. The van der Waals surface area contributed by atoms with Crippen molar-refractivity contribution in [2.45, 2.75) is 0 Å². The molecular formula is C36H28OP2Pd. The number of ether oxygens (including phenoxy) is 1. The maximum atomic E-state index is 6.92. The fourth-order valence-electron chi connectivity index (χ4n) is 4.74. The molecule has 0 bridgehead atoms. The molecule has 6 aromatic rings. The Morgan fingerprint density at radius 2 is 0.550 bits per heavy atom. The van der Waals surface area contributed by atoms with Gasteiger partial charge in [0, 0.05) is 31.0 Å². The maximum absolute atomic E-state index is 6.92. The van der Waals surface area contributed by atoms with Gasteiger partial charge in [0.15, 0.2) is 0 Å². The zero-order valence-electron chi connectivity index (χ0n) is 21.8. The van der Waals surface area contributed by atoms with Crippen LogP contribution in [0.2, 0.25) is 0 Å². The molecule has 198 valence electrons. The van der Waals surface area contributed by atoms with Crippen LogP contribution in [-0.4, -0.2) is 0 Å². The second kappa shape index (κ2) is 13.8. The predicted octanol–water partition coefficient (Wildman–Crippen LogP) is 6.99. The fourth-order valence-corrected chi connectivity index (χ4v) is 9.48. The summed E-state index contributed by atoms with van der Waals surface area (Å²) in [6.45, 7) is 0. The summed E-state index contributed by atoms with van der Waals surface area (Å²) in [5.41, 5.74) is 0. The van der Waals surface area contributed by atoms with Gasteiger partial charge in [0.2, 0.25) is 0 Å². The van der Waals surface area contributed by atoms with Gasteiger partial charge in [0.1, 0.15) is 11.5 Å². The predicted molar refractivity (Wildman–Crippen MR) is 170 cm³/mol. The van der Waals surface area contributed by atoms with Gasteiger partial charge in [0.25, 0.3) is 0 Å². The first-order chi connectivity index (χ1) is 19.4. The standard InChI is InChI=1S/C36H28OP2.Pd/c1-5-17-29(18-6-1)38(30-19-7-2-8-20-30)35-27-15-13-25-33(35)37-34-26-14-16-28-36(34)39(31-21-9-3-10-22-31)32-23-11-4-12-24-32;/h1-28H;. The molecule has 0 aliphatic heterocycles. The molecule has 0 amide bonds. The van der Waals surface area contributed by atoms with E-state index in [4.69, 9.17) is 4.74 Å². The molecule has 6 rings (SSSR count). The van der Waals surface area contributed by atoms with Crippen molar-refractivity contribution >= 4 is 47.7 Å². The first kappa shape index (κ1) is 28.2. The van der Waals surface area contributed by atoms with Crippen LogP contribution in [-0.2, 0) is 20.4 Å². The Kier molecular flexibility index (Phi) is 9.73. The third kappa shape index (κ3) is 6.34. The molecule has 6 aromatic carbocycles. The van der Waals surface area contributed by atoms with Crippen LogP contribution in [0.3, 0.4) is 0 Å². The first-order valence-electron chi connectivity index (χ1n) is 13.0. The van der Waals surface area contributed by atoms with Gasteiger partial charge in [0.05, 0.1) is 0 Å². The van der Waals surface area contributed by atoms with Crippen molar-refractivity contribution in [3.8, 4) is 11.5 Å². The second-order valence-electron chi connectivity index (χ2n) is 9.05. The van der Waals surface area contributed by atoms with E-state index in [1.54, 1.807) is 0 Å². The third-order valence-corrected chi connectivity index (χ3v) is 11.5. The number of para-hydroxylation sites is 2. The summed E-state index contributed by atoms with van der Waals surface area (Å²) >= 11 is 0. The smallest absolute Gasteiger partial charge is 0.135 e. The molecule has 0 atom stereocenters. The van der Waals surface area contributed by atoms with Crippen LogP contribution in [0.25, 0.3) is 0 Å². The van der Waals surface area contributed by atoms with E-state index in [1.807, 2.05) is 0 Å². The Morgan fingerprint density at radius 1 is 0.300 bits per heavy atom. The zero-order valence-corrected chi connectivity index (χ0v) is 25.1. The molecule has 40 heavy (non-hydrogen) atoms. The van der Waals surface area contributed by atoms with Crippen molar-refractivity contribution in [1.82, 2.24) is 0 Å². The molecule has 4 heteroatoms. The van der Waals surface area contributed by atoms with Gasteiger partial charge in [-0.2, -0.15) is 0 Å². The average Bonchev–Trinajstić information content (AvgIpc) is 3.01. The van der Waals surface area contributed by atoms with E-state index in [0.29, 0.717) is 0 Å². The minimum Gasteiger partial charge on any atom is -0.456 e. The van der Waals surface area contributed by atoms with Crippen LogP contribution in [0.15, 0.2) is 170 Å². The summed E-state index contributed by atoms with van der Waals surface area (Å²) in [6.07, 6.45) is 0. The van der Waals surface area contributed by atoms with E-state index in [-0.39, 0.29) is 20.4 Å². The van der Waals surface area contributed by atoms with Crippen molar-refractivity contribution < 1.29 is 25.2 Å². The van der Waals surface area contributed by atoms with Crippen molar-refractivity contribution in [3.63, 3.8) is 0 Å². The molecule has 0 aliphatic rings. The Balaban J connectivity index is 0.00000323. The van der Waals surface area contributed by atoms with Crippen molar-refractivity contribution in [1.29, 1.82) is 0 Å². The Labute approximate surface area is 253 Å². The van der Waals surface area contributed by atoms with Gasteiger partial charge in [-0.1, -0.05) is 158 Å². The first-order valence-corrected chi connectivity index (χ1v) is 15.7. The quantitative estimate of drug-likeness (QED) is 0.128. The molecule has 0 saturated heterocycles. The zero-order chi connectivity index (χ0) is 26.3. The summed E-state index contributed by atoms with van der Waals surface area (Å²) in [6, 6.07) is 60.2. The summed E-state index contributed by atoms with van der Waals surface area (Å²) in [7, 11) is -1.59. The molecule has 0 aromatic heterocycles. The molecular weight excluding hydrogens is 617 g/mol. The van der Waals surface area contributed by atoms with Crippen molar-refractivity contribution in [3.05, 3.63) is 170 Å². The van der Waals surface area contributed by atoms with Gasteiger partial charge >= 0.3 is 0 Å². The van der Waals surface area contributed by atoms with Gasteiger partial charge in [-0.15, -0.1) is 0 Å². The molecule has 0 spiro atoms. The SMILES string of the molecule is [Pd].c1ccc(P(c2ccccc2)c2ccccc2Oc2ccccc2P(c2ccccc2)c2ccccc2)cc1. The summed E-state index contributed by atoms with van der Waals surface area (Å²) in [4.78, 5) is 0. The molecule has 1 nitrogen and oxygen atoms in total. The number of hydrogen-bond donors (Lipinski definition) is 0. The minimum atomic E-state index is -0.795. The van der Waals surface area contributed by atoms with E-state index in [0.717, 1.165) is 11.5 Å². The van der Waals surface area contributed by atoms with Crippen LogP contribution >= 0.6 is 15.8 Å². The van der Waals surface area contributed by atoms with Crippen LogP contribution in [0.5, 0.6) is 11.5 Å². The average molecular weight is 645 g/mol. The van der Waals surface area contributed by atoms with E-state index >= 15 is 0 Å². The normalized spacial score (nSPS) is 10.8. The van der Waals surface area contributed by atoms with Crippen LogP contribution in [0, 0.1) is 0 Å². The molecule has 0 N–H and O–H groups in total.